The molecule has 7 nitrogen and oxygen atoms in total. The van der Waals surface area contributed by atoms with Crippen molar-refractivity contribution in [2.45, 2.75) is 67.4 Å². The van der Waals surface area contributed by atoms with Gasteiger partial charge in [0.1, 0.15) is 15.7 Å². The van der Waals surface area contributed by atoms with E-state index < -0.39 is 0 Å². The number of nitrogens with zero attached hydrogens (tertiary/aromatic N) is 3. The maximum Gasteiger partial charge on any atom is 0.228 e. The van der Waals surface area contributed by atoms with Crippen LogP contribution in [0.3, 0.4) is 0 Å². The van der Waals surface area contributed by atoms with E-state index in [4.69, 9.17) is 19.5 Å². The summed E-state index contributed by atoms with van der Waals surface area (Å²) in [6, 6.07) is 0. The molecule has 3 aliphatic carbocycles. The predicted octanol–water partition coefficient (Wildman–Crippen LogP) is 3.65. The SMILES string of the molecule is COC(CNC1=NC=N[C@@]2(I)CN(C(=O)C3CCOC3)CCC12)C12CC3CCCC(C1)[C@H](C3)C2. The molecule has 3 bridgehead atoms. The average Bonchev–Trinajstić information content (AvgIpc) is 3.41. The van der Waals surface area contributed by atoms with Crippen LogP contribution in [0.1, 0.15) is 57.8 Å². The minimum Gasteiger partial charge on any atom is -0.381 e. The first-order valence-corrected chi connectivity index (χ1v) is 14.5. The smallest absolute Gasteiger partial charge is 0.228 e. The van der Waals surface area contributed by atoms with Crippen LogP contribution in [0.2, 0.25) is 0 Å². The zero-order valence-electron chi connectivity index (χ0n) is 20.4. The molecule has 0 aromatic carbocycles. The lowest BCUT2D eigenvalue weighted by molar-refractivity contribution is -0.137. The number of amidine groups is 1. The number of hydrogen-bond donors (Lipinski definition) is 1. The Bertz CT molecular complexity index is 857. The molecule has 0 aromatic rings. The molecule has 0 spiro atoms. The van der Waals surface area contributed by atoms with Gasteiger partial charge in [0.05, 0.1) is 31.1 Å². The maximum atomic E-state index is 13.0. The Morgan fingerprint density at radius 3 is 3.00 bits per heavy atom. The number of nitrogens with one attached hydrogen (secondary N) is 1. The molecule has 1 amide bonds. The normalized spacial score (nSPS) is 43.9. The minimum absolute atomic E-state index is 0.0160. The summed E-state index contributed by atoms with van der Waals surface area (Å²) in [6.45, 7) is 3.50. The molecule has 188 valence electrons. The summed E-state index contributed by atoms with van der Waals surface area (Å²) in [6.07, 6.45) is 13.4. The molecule has 5 fully saturated rings. The summed E-state index contributed by atoms with van der Waals surface area (Å²) in [5.41, 5.74) is 0.338. The van der Waals surface area contributed by atoms with Crippen molar-refractivity contribution in [3.05, 3.63) is 0 Å². The second-order valence-corrected chi connectivity index (χ2v) is 13.7. The average molecular weight is 583 g/mol. The Balaban J connectivity index is 1.12. The van der Waals surface area contributed by atoms with Crippen molar-refractivity contribution in [1.82, 2.24) is 10.2 Å². The number of ether oxygens (including phenoxy) is 2. The third kappa shape index (κ3) is 4.13. The molecule has 34 heavy (non-hydrogen) atoms. The Morgan fingerprint density at radius 1 is 1.29 bits per heavy atom. The third-order valence-corrected chi connectivity index (χ3v) is 11.4. The first-order chi connectivity index (χ1) is 16.5. The number of likely N-dealkylation sites (tertiary alicyclic amines) is 1. The van der Waals surface area contributed by atoms with Gasteiger partial charge in [-0.2, -0.15) is 0 Å². The molecular formula is C26H39IN4O3. The van der Waals surface area contributed by atoms with E-state index in [0.717, 1.165) is 49.5 Å². The van der Waals surface area contributed by atoms with Crippen molar-refractivity contribution in [1.29, 1.82) is 0 Å². The Hall–Kier alpha value is -0.740. The number of amides is 1. The Labute approximate surface area is 217 Å². The molecule has 8 atom stereocenters. The van der Waals surface area contributed by atoms with E-state index in [0.29, 0.717) is 25.2 Å². The highest BCUT2D eigenvalue weighted by Gasteiger charge is 2.55. The van der Waals surface area contributed by atoms with Gasteiger partial charge in [0.2, 0.25) is 5.91 Å². The van der Waals surface area contributed by atoms with E-state index >= 15 is 0 Å². The standard InChI is InChI=1S/C26H39IN4O3/c1-33-22(25-10-17-3-2-4-18(11-25)20(9-17)12-25)13-28-23-21-5-7-31(15-26(21,27)30-16-29-23)24(32)19-6-8-34-14-19/h16-22H,2-15H2,1H3,(H,28,29,30)/t17?,18?,19?,20-,21?,22?,25?,26+/m1/s1. The monoisotopic (exact) mass is 582 g/mol. The third-order valence-electron chi connectivity index (χ3n) is 9.98. The molecule has 6 rings (SSSR count). The van der Waals surface area contributed by atoms with Crippen molar-refractivity contribution in [2.75, 3.05) is 40.0 Å². The summed E-state index contributed by atoms with van der Waals surface area (Å²) < 4.78 is 11.3. The van der Waals surface area contributed by atoms with E-state index in [1.165, 1.54) is 44.9 Å². The number of methoxy groups -OCH3 is 1. The number of carbonyl (C=O) groups is 1. The number of fused-ring (bicyclic) bond motifs is 3. The Morgan fingerprint density at radius 2 is 2.18 bits per heavy atom. The fourth-order valence-corrected chi connectivity index (χ4v) is 9.56. The zero-order valence-corrected chi connectivity index (χ0v) is 22.5. The molecule has 0 radical (unpaired) electrons. The first kappa shape index (κ1) is 23.6. The van der Waals surface area contributed by atoms with Gasteiger partial charge >= 0.3 is 0 Å². The number of hydrogen-bond acceptors (Lipinski definition) is 6. The molecule has 6 aliphatic rings. The number of rotatable bonds is 5. The van der Waals surface area contributed by atoms with Crippen molar-refractivity contribution in [3.8, 4) is 0 Å². The number of halogens is 1. The van der Waals surface area contributed by atoms with Crippen molar-refractivity contribution >= 4 is 40.7 Å². The van der Waals surface area contributed by atoms with Crippen LogP contribution in [0.25, 0.3) is 0 Å². The molecular weight excluding hydrogens is 543 g/mol. The Kier molecular flexibility index (Phi) is 6.46. The summed E-state index contributed by atoms with van der Waals surface area (Å²) in [7, 11) is 1.91. The lowest BCUT2D eigenvalue weighted by Gasteiger charge is -2.46. The second kappa shape index (κ2) is 9.29. The van der Waals surface area contributed by atoms with Gasteiger partial charge in [-0.05, 0) is 84.3 Å². The van der Waals surface area contributed by atoms with Crippen LogP contribution in [0, 0.1) is 35.0 Å². The fraction of sp³-hybridized carbons (Fsp3) is 0.885. The summed E-state index contributed by atoms with van der Waals surface area (Å²) in [5.74, 6) is 4.23. The lowest BCUT2D eigenvalue weighted by Crippen LogP contribution is -2.58. The minimum atomic E-state index is -0.351. The van der Waals surface area contributed by atoms with E-state index in [1.807, 2.05) is 12.0 Å². The van der Waals surface area contributed by atoms with E-state index in [9.17, 15) is 4.79 Å². The summed E-state index contributed by atoms with van der Waals surface area (Å²) >= 11 is 2.46. The lowest BCUT2D eigenvalue weighted by atomic mass is 9.66. The quantitative estimate of drug-likeness (QED) is 0.305. The highest BCUT2D eigenvalue weighted by Crippen LogP contribution is 2.61. The van der Waals surface area contributed by atoms with E-state index in [1.54, 1.807) is 6.34 Å². The van der Waals surface area contributed by atoms with Crippen LogP contribution in [-0.2, 0) is 14.3 Å². The molecule has 3 saturated carbocycles. The molecule has 3 aliphatic heterocycles. The largest absolute Gasteiger partial charge is 0.381 e. The van der Waals surface area contributed by atoms with Gasteiger partial charge in [-0.3, -0.25) is 9.79 Å². The van der Waals surface area contributed by atoms with Crippen molar-refractivity contribution in [3.63, 3.8) is 0 Å². The van der Waals surface area contributed by atoms with Gasteiger partial charge in [0.25, 0.3) is 0 Å². The van der Waals surface area contributed by atoms with Crippen molar-refractivity contribution in [2.24, 2.45) is 45.0 Å². The number of aliphatic imine (C=N–C) groups is 2. The molecule has 6 unspecified atom stereocenters. The van der Waals surface area contributed by atoms with Gasteiger partial charge in [-0.1, -0.05) is 19.3 Å². The van der Waals surface area contributed by atoms with E-state index in [-0.39, 0.29) is 27.4 Å². The maximum absolute atomic E-state index is 13.0. The molecule has 3 heterocycles. The number of alkyl halides is 1. The second-order valence-electron chi connectivity index (χ2n) is 11.9. The summed E-state index contributed by atoms with van der Waals surface area (Å²) in [5, 5.41) is 3.74. The van der Waals surface area contributed by atoms with Crippen LogP contribution in [0.5, 0.6) is 0 Å². The van der Waals surface area contributed by atoms with Gasteiger partial charge in [-0.25, -0.2) is 4.99 Å². The molecule has 2 saturated heterocycles. The van der Waals surface area contributed by atoms with Gasteiger partial charge in [0.15, 0.2) is 0 Å². The van der Waals surface area contributed by atoms with Gasteiger partial charge < -0.3 is 19.7 Å². The van der Waals surface area contributed by atoms with Gasteiger partial charge in [0, 0.05) is 26.8 Å². The number of carbonyl (C=O) groups excluding carboxylic acids is 1. The highest BCUT2D eigenvalue weighted by atomic mass is 127. The van der Waals surface area contributed by atoms with Crippen LogP contribution in [0.4, 0.5) is 0 Å². The van der Waals surface area contributed by atoms with Crippen molar-refractivity contribution < 1.29 is 14.3 Å². The van der Waals surface area contributed by atoms with Crippen LogP contribution >= 0.6 is 22.6 Å². The van der Waals surface area contributed by atoms with Gasteiger partial charge in [-0.15, -0.1) is 0 Å². The fourth-order valence-electron chi connectivity index (χ4n) is 8.42. The van der Waals surface area contributed by atoms with Crippen LogP contribution in [0.15, 0.2) is 9.98 Å². The molecule has 1 N–H and O–H groups in total. The van der Waals surface area contributed by atoms with E-state index in [2.05, 4.69) is 27.9 Å². The van der Waals surface area contributed by atoms with Crippen LogP contribution < -0.4 is 5.32 Å². The number of piperidine rings is 1. The first-order valence-electron chi connectivity index (χ1n) is 13.4. The van der Waals surface area contributed by atoms with Crippen LogP contribution in [-0.4, -0.2) is 72.6 Å². The molecule has 0 aromatic heterocycles. The summed E-state index contributed by atoms with van der Waals surface area (Å²) in [4.78, 5) is 24.5. The highest BCUT2D eigenvalue weighted by molar-refractivity contribution is 14.1. The molecule has 8 heteroatoms. The predicted molar refractivity (Wildman–Crippen MR) is 140 cm³/mol. The topological polar surface area (TPSA) is 75.5 Å². The zero-order chi connectivity index (χ0) is 23.3.